The molecule has 1 aromatic rings. The van der Waals surface area contributed by atoms with Crippen LogP contribution in [0.15, 0.2) is 30.3 Å². The Hall–Kier alpha value is -0.900. The van der Waals surface area contributed by atoms with Gasteiger partial charge in [0, 0.05) is 6.54 Å². The highest BCUT2D eigenvalue weighted by molar-refractivity contribution is 5.13. The summed E-state index contributed by atoms with van der Waals surface area (Å²) in [6, 6.07) is 9.88. The molecule has 0 radical (unpaired) electrons. The average molecular weight is 181 g/mol. The topological polar surface area (TPSA) is 41.5 Å². The van der Waals surface area contributed by atoms with E-state index in [0.717, 1.165) is 5.56 Å². The molecule has 13 heavy (non-hydrogen) atoms. The van der Waals surface area contributed by atoms with Crippen LogP contribution in [-0.4, -0.2) is 17.8 Å². The van der Waals surface area contributed by atoms with Gasteiger partial charge < -0.3 is 5.11 Å². The van der Waals surface area contributed by atoms with E-state index >= 15 is 0 Å². The van der Waals surface area contributed by atoms with Crippen molar-refractivity contribution in [2.45, 2.75) is 19.6 Å². The van der Waals surface area contributed by atoms with Crippen LogP contribution >= 0.6 is 0 Å². The zero-order chi connectivity index (χ0) is 9.52. The summed E-state index contributed by atoms with van der Waals surface area (Å²) in [4.78, 5) is 5.12. The van der Waals surface area contributed by atoms with E-state index < -0.39 is 0 Å². The van der Waals surface area contributed by atoms with Gasteiger partial charge in [0.1, 0.15) is 0 Å². The Morgan fingerprint density at radius 3 is 2.69 bits per heavy atom. The van der Waals surface area contributed by atoms with Crippen molar-refractivity contribution in [3.05, 3.63) is 35.9 Å². The van der Waals surface area contributed by atoms with Gasteiger partial charge in [-0.15, -0.1) is 0 Å². The highest BCUT2D eigenvalue weighted by Crippen LogP contribution is 1.98. The second-order valence-corrected chi connectivity index (χ2v) is 2.97. The number of aliphatic hydroxyl groups is 1. The summed E-state index contributed by atoms with van der Waals surface area (Å²) in [5.41, 5.74) is 3.79. The van der Waals surface area contributed by atoms with Gasteiger partial charge in [0.25, 0.3) is 0 Å². The number of hydrogen-bond donors (Lipinski definition) is 2. The third kappa shape index (κ3) is 4.62. The van der Waals surface area contributed by atoms with Crippen LogP contribution in [-0.2, 0) is 11.4 Å². The minimum Gasteiger partial charge on any atom is -0.392 e. The van der Waals surface area contributed by atoms with Crippen molar-refractivity contribution >= 4 is 0 Å². The lowest BCUT2D eigenvalue weighted by Crippen LogP contribution is -2.24. The smallest absolute Gasteiger partial charge is 0.0933 e. The van der Waals surface area contributed by atoms with Crippen molar-refractivity contribution in [1.82, 2.24) is 5.48 Å². The second-order valence-electron chi connectivity index (χ2n) is 2.97. The van der Waals surface area contributed by atoms with Gasteiger partial charge in [-0.25, -0.2) is 0 Å². The van der Waals surface area contributed by atoms with Crippen LogP contribution in [0.25, 0.3) is 0 Å². The molecule has 0 fully saturated rings. The average Bonchev–Trinajstić information content (AvgIpc) is 2.14. The fraction of sp³-hybridized carbons (Fsp3) is 0.400. The normalized spacial score (nSPS) is 12.8. The number of nitrogens with one attached hydrogen (secondary N) is 1. The molecule has 72 valence electrons. The molecule has 0 aliphatic rings. The number of rotatable bonds is 5. The summed E-state index contributed by atoms with van der Waals surface area (Å²) in [5, 5.41) is 8.91. The molecular weight excluding hydrogens is 166 g/mol. The number of hydroxylamine groups is 1. The highest BCUT2D eigenvalue weighted by atomic mass is 16.6. The Labute approximate surface area is 78.3 Å². The first-order valence-electron chi connectivity index (χ1n) is 4.35. The molecule has 0 saturated heterocycles. The molecule has 3 nitrogen and oxygen atoms in total. The maximum absolute atomic E-state index is 8.91. The van der Waals surface area contributed by atoms with Gasteiger partial charge in [0.15, 0.2) is 0 Å². The Kier molecular flexibility index (Phi) is 4.46. The van der Waals surface area contributed by atoms with E-state index in [-0.39, 0.29) is 6.10 Å². The van der Waals surface area contributed by atoms with Crippen LogP contribution in [0.5, 0.6) is 0 Å². The van der Waals surface area contributed by atoms with Crippen molar-refractivity contribution in [2.75, 3.05) is 6.54 Å². The van der Waals surface area contributed by atoms with E-state index in [4.69, 9.17) is 9.94 Å². The van der Waals surface area contributed by atoms with Gasteiger partial charge in [-0.05, 0) is 12.5 Å². The number of aliphatic hydroxyl groups excluding tert-OH is 1. The zero-order valence-corrected chi connectivity index (χ0v) is 7.73. The van der Waals surface area contributed by atoms with E-state index in [9.17, 15) is 0 Å². The number of benzene rings is 1. The van der Waals surface area contributed by atoms with E-state index in [1.807, 2.05) is 30.3 Å². The Balaban J connectivity index is 2.13. The zero-order valence-electron chi connectivity index (χ0n) is 7.73. The van der Waals surface area contributed by atoms with Crippen molar-refractivity contribution in [3.63, 3.8) is 0 Å². The van der Waals surface area contributed by atoms with Crippen molar-refractivity contribution in [1.29, 1.82) is 0 Å². The molecule has 1 atom stereocenters. The van der Waals surface area contributed by atoms with Gasteiger partial charge >= 0.3 is 0 Å². The summed E-state index contributed by atoms with van der Waals surface area (Å²) in [6.07, 6.45) is -0.379. The monoisotopic (exact) mass is 181 g/mol. The SMILES string of the molecule is C[C@H](O)CNOCc1ccccc1. The molecule has 0 saturated carbocycles. The largest absolute Gasteiger partial charge is 0.392 e. The van der Waals surface area contributed by atoms with Gasteiger partial charge in [-0.3, -0.25) is 4.84 Å². The van der Waals surface area contributed by atoms with Crippen LogP contribution in [0, 0.1) is 0 Å². The number of hydrogen-bond acceptors (Lipinski definition) is 3. The molecule has 0 heterocycles. The predicted octanol–water partition coefficient (Wildman–Crippen LogP) is 1.09. The molecule has 2 N–H and O–H groups in total. The molecule has 1 rings (SSSR count). The first-order valence-corrected chi connectivity index (χ1v) is 4.35. The Morgan fingerprint density at radius 2 is 2.08 bits per heavy atom. The van der Waals surface area contributed by atoms with Crippen molar-refractivity contribution in [3.8, 4) is 0 Å². The first-order chi connectivity index (χ1) is 6.29. The molecule has 3 heteroatoms. The lowest BCUT2D eigenvalue weighted by atomic mass is 10.2. The summed E-state index contributed by atoms with van der Waals surface area (Å²) in [5.74, 6) is 0. The minimum absolute atomic E-state index is 0.379. The lowest BCUT2D eigenvalue weighted by Gasteiger charge is -2.07. The van der Waals surface area contributed by atoms with E-state index in [1.165, 1.54) is 0 Å². The summed E-state index contributed by atoms with van der Waals surface area (Å²) >= 11 is 0. The van der Waals surface area contributed by atoms with Crippen LogP contribution in [0.1, 0.15) is 12.5 Å². The first kappa shape index (κ1) is 10.2. The minimum atomic E-state index is -0.379. The van der Waals surface area contributed by atoms with Crippen molar-refractivity contribution < 1.29 is 9.94 Å². The Bertz CT molecular complexity index is 224. The van der Waals surface area contributed by atoms with Gasteiger partial charge in [0.05, 0.1) is 12.7 Å². The molecular formula is C10H15NO2. The second kappa shape index (κ2) is 5.70. The van der Waals surface area contributed by atoms with E-state index in [0.29, 0.717) is 13.2 Å². The quantitative estimate of drug-likeness (QED) is 0.527. The third-order valence-electron chi connectivity index (χ3n) is 1.56. The fourth-order valence-corrected chi connectivity index (χ4v) is 0.888. The van der Waals surface area contributed by atoms with Crippen LogP contribution in [0.2, 0.25) is 0 Å². The van der Waals surface area contributed by atoms with Crippen molar-refractivity contribution in [2.24, 2.45) is 0 Å². The highest BCUT2D eigenvalue weighted by Gasteiger charge is 1.94. The fourth-order valence-electron chi connectivity index (χ4n) is 0.888. The lowest BCUT2D eigenvalue weighted by molar-refractivity contribution is 0.00645. The van der Waals surface area contributed by atoms with E-state index in [1.54, 1.807) is 6.92 Å². The predicted molar refractivity (Wildman–Crippen MR) is 50.9 cm³/mol. The summed E-state index contributed by atoms with van der Waals surface area (Å²) in [7, 11) is 0. The summed E-state index contributed by atoms with van der Waals surface area (Å²) in [6.45, 7) is 2.68. The Morgan fingerprint density at radius 1 is 1.38 bits per heavy atom. The summed E-state index contributed by atoms with van der Waals surface area (Å²) < 4.78 is 0. The maximum atomic E-state index is 8.91. The van der Waals surface area contributed by atoms with Gasteiger partial charge in [0.2, 0.25) is 0 Å². The maximum Gasteiger partial charge on any atom is 0.0933 e. The molecule has 0 spiro atoms. The van der Waals surface area contributed by atoms with E-state index in [2.05, 4.69) is 5.48 Å². The molecule has 0 aromatic heterocycles. The molecule has 0 amide bonds. The van der Waals surface area contributed by atoms with Crippen LogP contribution in [0.3, 0.4) is 0 Å². The van der Waals surface area contributed by atoms with Gasteiger partial charge in [-0.2, -0.15) is 5.48 Å². The standard InChI is InChI=1S/C10H15NO2/c1-9(12)7-11-13-8-10-5-3-2-4-6-10/h2-6,9,11-12H,7-8H2,1H3/t9-/m0/s1. The molecule has 0 aliphatic heterocycles. The molecule has 0 aliphatic carbocycles. The third-order valence-corrected chi connectivity index (χ3v) is 1.56. The van der Waals surface area contributed by atoms with Crippen LogP contribution < -0.4 is 5.48 Å². The van der Waals surface area contributed by atoms with Gasteiger partial charge in [-0.1, -0.05) is 30.3 Å². The molecule has 0 unspecified atom stereocenters. The van der Waals surface area contributed by atoms with Crippen LogP contribution in [0.4, 0.5) is 0 Å². The molecule has 0 bridgehead atoms. The molecule has 1 aromatic carbocycles.